The maximum Gasteiger partial charge on any atom is 0.254 e. The number of amides is 1. The van der Waals surface area contributed by atoms with Gasteiger partial charge in [-0.25, -0.2) is 4.98 Å². The fraction of sp³-hybridized carbons (Fsp3) is 0.310. The molecule has 0 fully saturated rings. The predicted octanol–water partition coefficient (Wildman–Crippen LogP) is 6.39. The van der Waals surface area contributed by atoms with Gasteiger partial charge in [-0.15, -0.1) is 0 Å². The molecule has 0 saturated carbocycles. The minimum Gasteiger partial charge on any atom is -0.348 e. The van der Waals surface area contributed by atoms with Crippen LogP contribution in [0.25, 0.3) is 0 Å². The first-order valence-electron chi connectivity index (χ1n) is 12.8. The Kier molecular flexibility index (Phi) is 8.07. The summed E-state index contributed by atoms with van der Waals surface area (Å²) in [6.07, 6.45) is 9.94. The van der Waals surface area contributed by atoms with Crippen LogP contribution in [-0.2, 0) is 19.5 Å². The molecular weight excluding hydrogens is 519 g/mol. The molecule has 0 bridgehead atoms. The van der Waals surface area contributed by atoms with Crippen LogP contribution in [-0.4, -0.2) is 30.7 Å². The van der Waals surface area contributed by atoms with Crippen LogP contribution in [0.2, 0.25) is 10.0 Å². The zero-order chi connectivity index (χ0) is 26.6. The summed E-state index contributed by atoms with van der Waals surface area (Å²) in [6, 6.07) is 12.8. The number of rotatable bonds is 8. The molecule has 1 aliphatic carbocycles. The van der Waals surface area contributed by atoms with Crippen molar-refractivity contribution in [1.82, 2.24) is 30.2 Å². The van der Waals surface area contributed by atoms with E-state index < -0.39 is 0 Å². The predicted molar refractivity (Wildman–Crippen MR) is 149 cm³/mol. The number of aryl methyl sites for hydroxylation is 2. The lowest BCUT2D eigenvalue weighted by Crippen LogP contribution is -2.34. The van der Waals surface area contributed by atoms with E-state index in [0.29, 0.717) is 6.54 Å². The number of aromatic nitrogens is 4. The van der Waals surface area contributed by atoms with Crippen molar-refractivity contribution < 1.29 is 4.79 Å². The van der Waals surface area contributed by atoms with Crippen molar-refractivity contribution >= 4 is 29.1 Å². The Bertz CT molecular complexity index is 1420. The molecule has 3 aromatic heterocycles. The van der Waals surface area contributed by atoms with Gasteiger partial charge in [0, 0.05) is 37.9 Å². The number of imidazole rings is 1. The number of fused-ring (bicyclic) bond motifs is 1. The van der Waals surface area contributed by atoms with Gasteiger partial charge >= 0.3 is 0 Å². The normalized spacial score (nSPS) is 15.8. The van der Waals surface area contributed by atoms with Gasteiger partial charge in [0.25, 0.3) is 5.91 Å². The molecule has 9 heteroatoms. The second kappa shape index (κ2) is 11.6. The standard InChI is InChI=1S/C29H30Cl2N6O/c1-18(25-16-34-19(2)36-25)37(26-10-4-8-22-9-5-11-33-28(22)26)17-21-7-3-6-20(12-21)13-35-29(38)27-23(30)14-32-15-24(27)31/h3,5-7,9,11-12,14-16,18,26H,4,8,10,13,17H2,1-2H3,(H,34,36)(H,35,38). The van der Waals surface area contributed by atoms with Gasteiger partial charge in [-0.05, 0) is 55.9 Å². The summed E-state index contributed by atoms with van der Waals surface area (Å²) in [5.41, 5.74) is 5.87. The Morgan fingerprint density at radius 3 is 2.74 bits per heavy atom. The average Bonchev–Trinajstić information content (AvgIpc) is 3.36. The minimum absolute atomic E-state index is 0.0808. The number of carbonyl (C=O) groups excluding carboxylic acids is 1. The molecule has 5 rings (SSSR count). The molecule has 7 nitrogen and oxygen atoms in total. The first-order valence-corrected chi connectivity index (χ1v) is 13.5. The van der Waals surface area contributed by atoms with Crippen molar-refractivity contribution in [3.8, 4) is 0 Å². The summed E-state index contributed by atoms with van der Waals surface area (Å²) in [4.78, 5) is 32.0. The van der Waals surface area contributed by atoms with E-state index in [0.717, 1.165) is 54.1 Å². The highest BCUT2D eigenvalue weighted by Crippen LogP contribution is 2.38. The lowest BCUT2D eigenvalue weighted by molar-refractivity contribution is 0.0951. The number of carbonyl (C=O) groups is 1. The number of benzene rings is 1. The van der Waals surface area contributed by atoms with Gasteiger partial charge < -0.3 is 10.3 Å². The van der Waals surface area contributed by atoms with E-state index in [2.05, 4.69) is 45.3 Å². The van der Waals surface area contributed by atoms with E-state index in [1.165, 1.54) is 18.0 Å². The maximum absolute atomic E-state index is 12.8. The molecule has 2 unspecified atom stereocenters. The van der Waals surface area contributed by atoms with Crippen LogP contribution in [0, 0.1) is 6.92 Å². The molecule has 0 aliphatic heterocycles. The van der Waals surface area contributed by atoms with Crippen molar-refractivity contribution in [3.05, 3.63) is 111 Å². The fourth-order valence-electron chi connectivity index (χ4n) is 5.19. The van der Waals surface area contributed by atoms with E-state index in [-0.39, 0.29) is 33.6 Å². The van der Waals surface area contributed by atoms with Gasteiger partial charge in [0.2, 0.25) is 0 Å². The molecule has 2 N–H and O–H groups in total. The Hall–Kier alpha value is -3.26. The van der Waals surface area contributed by atoms with Gasteiger partial charge in [0.15, 0.2) is 0 Å². The zero-order valence-corrected chi connectivity index (χ0v) is 22.9. The van der Waals surface area contributed by atoms with Gasteiger partial charge in [-0.1, -0.05) is 53.5 Å². The van der Waals surface area contributed by atoms with Gasteiger partial charge in [-0.2, -0.15) is 0 Å². The second-order valence-electron chi connectivity index (χ2n) is 9.70. The Balaban J connectivity index is 1.38. The average molecular weight is 550 g/mol. The van der Waals surface area contributed by atoms with E-state index >= 15 is 0 Å². The first-order chi connectivity index (χ1) is 18.4. The third kappa shape index (κ3) is 5.75. The Labute approximate surface area is 232 Å². The van der Waals surface area contributed by atoms with Crippen molar-refractivity contribution in [2.24, 2.45) is 0 Å². The van der Waals surface area contributed by atoms with Gasteiger partial charge in [0.05, 0.1) is 39.1 Å². The molecular formula is C29H30Cl2N6O. The maximum atomic E-state index is 12.8. The molecule has 38 heavy (non-hydrogen) atoms. The van der Waals surface area contributed by atoms with E-state index in [9.17, 15) is 4.79 Å². The van der Waals surface area contributed by atoms with Crippen LogP contribution in [0.5, 0.6) is 0 Å². The van der Waals surface area contributed by atoms with E-state index in [1.807, 2.05) is 37.5 Å². The topological polar surface area (TPSA) is 86.8 Å². The molecule has 0 spiro atoms. The first kappa shape index (κ1) is 26.4. The van der Waals surface area contributed by atoms with Crippen molar-refractivity contribution in [1.29, 1.82) is 0 Å². The van der Waals surface area contributed by atoms with Crippen LogP contribution in [0.1, 0.15) is 76.1 Å². The number of pyridine rings is 2. The quantitative estimate of drug-likeness (QED) is 0.266. The Morgan fingerprint density at radius 2 is 1.97 bits per heavy atom. The molecule has 2 atom stereocenters. The van der Waals surface area contributed by atoms with Crippen LogP contribution in [0.15, 0.2) is 61.2 Å². The number of nitrogens with zero attached hydrogens (tertiary/aromatic N) is 4. The minimum atomic E-state index is -0.332. The summed E-state index contributed by atoms with van der Waals surface area (Å²) in [6.45, 7) is 5.25. The number of hydrogen-bond acceptors (Lipinski definition) is 5. The molecule has 1 amide bonds. The van der Waals surface area contributed by atoms with Crippen LogP contribution < -0.4 is 5.32 Å². The van der Waals surface area contributed by atoms with Crippen LogP contribution in [0.4, 0.5) is 0 Å². The molecule has 1 aromatic carbocycles. The summed E-state index contributed by atoms with van der Waals surface area (Å²) in [7, 11) is 0. The summed E-state index contributed by atoms with van der Waals surface area (Å²) in [5, 5.41) is 3.38. The lowest BCUT2D eigenvalue weighted by atomic mass is 9.89. The molecule has 0 radical (unpaired) electrons. The summed E-state index contributed by atoms with van der Waals surface area (Å²) < 4.78 is 0. The molecule has 4 aromatic rings. The largest absolute Gasteiger partial charge is 0.348 e. The molecule has 196 valence electrons. The third-order valence-electron chi connectivity index (χ3n) is 7.11. The SMILES string of the molecule is Cc1nc(C(C)N(Cc2cccc(CNC(=O)c3c(Cl)cncc3Cl)c2)C2CCCc3cccnc32)c[nH]1. The van der Waals surface area contributed by atoms with E-state index in [1.54, 1.807) is 0 Å². The Morgan fingerprint density at radius 1 is 1.18 bits per heavy atom. The molecule has 3 heterocycles. The third-order valence-corrected chi connectivity index (χ3v) is 7.68. The van der Waals surface area contributed by atoms with Gasteiger partial charge in [0.1, 0.15) is 5.82 Å². The van der Waals surface area contributed by atoms with Crippen molar-refractivity contribution in [2.45, 2.75) is 58.3 Å². The monoisotopic (exact) mass is 548 g/mol. The number of aromatic amines is 1. The molecule has 0 saturated heterocycles. The van der Waals surface area contributed by atoms with Crippen molar-refractivity contribution in [2.75, 3.05) is 0 Å². The highest BCUT2D eigenvalue weighted by molar-refractivity contribution is 6.39. The van der Waals surface area contributed by atoms with Gasteiger partial charge in [-0.3, -0.25) is 19.7 Å². The van der Waals surface area contributed by atoms with E-state index in [4.69, 9.17) is 33.2 Å². The highest BCUT2D eigenvalue weighted by Gasteiger charge is 2.31. The number of halogens is 2. The summed E-state index contributed by atoms with van der Waals surface area (Å²) >= 11 is 12.3. The second-order valence-corrected chi connectivity index (χ2v) is 10.5. The molecule has 1 aliphatic rings. The van der Waals surface area contributed by atoms with Crippen LogP contribution in [0.3, 0.4) is 0 Å². The van der Waals surface area contributed by atoms with Crippen LogP contribution >= 0.6 is 23.2 Å². The lowest BCUT2D eigenvalue weighted by Gasteiger charge is -2.38. The summed E-state index contributed by atoms with van der Waals surface area (Å²) in [5.74, 6) is 0.572. The fourth-order valence-corrected chi connectivity index (χ4v) is 5.73. The van der Waals surface area contributed by atoms with Crippen molar-refractivity contribution in [3.63, 3.8) is 0 Å². The zero-order valence-electron chi connectivity index (χ0n) is 21.4. The highest BCUT2D eigenvalue weighted by atomic mass is 35.5. The number of nitrogens with one attached hydrogen (secondary N) is 2. The number of H-pyrrole nitrogens is 1. The number of hydrogen-bond donors (Lipinski definition) is 2. The smallest absolute Gasteiger partial charge is 0.254 e.